The van der Waals surface area contributed by atoms with Gasteiger partial charge in [-0.1, -0.05) is 12.1 Å². The van der Waals surface area contributed by atoms with Crippen molar-refractivity contribution < 1.29 is 4.79 Å². The third kappa shape index (κ3) is 3.78. The maximum Gasteiger partial charge on any atom is 0.271 e. The van der Waals surface area contributed by atoms with Gasteiger partial charge < -0.3 is 10.3 Å². The number of carbonyl (C=O) groups excluding carboxylic acids is 1. The molecule has 23 heavy (non-hydrogen) atoms. The van der Waals surface area contributed by atoms with E-state index >= 15 is 0 Å². The number of carbonyl (C=O) groups is 1. The van der Waals surface area contributed by atoms with Crippen LogP contribution < -0.4 is 10.9 Å². The molecule has 0 radical (unpaired) electrons. The molecule has 0 bridgehead atoms. The normalized spacial score (nSPS) is 10.7. The van der Waals surface area contributed by atoms with E-state index in [0.29, 0.717) is 11.4 Å². The van der Waals surface area contributed by atoms with Crippen molar-refractivity contribution in [2.75, 3.05) is 5.32 Å². The predicted molar refractivity (Wildman–Crippen MR) is 92.7 cm³/mol. The van der Waals surface area contributed by atoms with E-state index in [4.69, 9.17) is 0 Å². The van der Waals surface area contributed by atoms with Crippen LogP contribution in [0.25, 0.3) is 11.0 Å². The number of hydrogen-bond acceptors (Lipinski definition) is 4. The third-order valence-corrected chi connectivity index (χ3v) is 4.24. The Kier molecular flexibility index (Phi) is 4.43. The van der Waals surface area contributed by atoms with Crippen LogP contribution in [0.1, 0.15) is 12.6 Å². The number of fused-ring (bicyclic) bond motifs is 1. The number of H-pyrrole nitrogens is 1. The molecule has 2 aromatic carbocycles. The number of hydrogen-bond donors (Lipinski definition) is 2. The molecule has 0 aliphatic carbocycles. The highest BCUT2D eigenvalue weighted by molar-refractivity contribution is 7.98. The Hall–Kier alpha value is -2.60. The molecular formula is C17H15N3O2S. The smallest absolute Gasteiger partial charge is 0.271 e. The summed E-state index contributed by atoms with van der Waals surface area (Å²) in [5.74, 6) is 0.386. The summed E-state index contributed by atoms with van der Waals surface area (Å²) in [6.45, 7) is 1.47. The molecule has 0 spiro atoms. The summed E-state index contributed by atoms with van der Waals surface area (Å²) in [7, 11) is 0. The van der Waals surface area contributed by atoms with E-state index < -0.39 is 0 Å². The Balaban J connectivity index is 1.74. The second-order valence-electron chi connectivity index (χ2n) is 5.02. The maximum atomic E-state index is 12.1. The number of para-hydroxylation sites is 2. The minimum absolute atomic E-state index is 0.0997. The highest BCUT2D eigenvalue weighted by atomic mass is 32.2. The van der Waals surface area contributed by atoms with Crippen molar-refractivity contribution in [2.24, 2.45) is 0 Å². The third-order valence-electron chi connectivity index (χ3n) is 3.22. The Bertz CT molecular complexity index is 904. The molecule has 116 valence electrons. The summed E-state index contributed by atoms with van der Waals surface area (Å²) in [5, 5.41) is 2.72. The Morgan fingerprint density at radius 1 is 1.17 bits per heavy atom. The van der Waals surface area contributed by atoms with Gasteiger partial charge in [-0.3, -0.25) is 9.59 Å². The molecule has 0 aliphatic rings. The van der Waals surface area contributed by atoms with Gasteiger partial charge in [0, 0.05) is 23.3 Å². The van der Waals surface area contributed by atoms with Crippen molar-refractivity contribution in [3.8, 4) is 0 Å². The molecule has 1 heterocycles. The number of rotatable bonds is 4. The predicted octanol–water partition coefficient (Wildman–Crippen LogP) is 3.17. The Morgan fingerprint density at radius 2 is 1.91 bits per heavy atom. The maximum absolute atomic E-state index is 12.1. The van der Waals surface area contributed by atoms with Crippen molar-refractivity contribution >= 4 is 34.4 Å². The topological polar surface area (TPSA) is 74.8 Å². The monoisotopic (exact) mass is 325 g/mol. The van der Waals surface area contributed by atoms with Gasteiger partial charge in [-0.2, -0.15) is 0 Å². The van der Waals surface area contributed by atoms with Crippen molar-refractivity contribution in [2.45, 2.75) is 17.6 Å². The van der Waals surface area contributed by atoms with Gasteiger partial charge in [-0.05, 0) is 36.4 Å². The first-order valence-electron chi connectivity index (χ1n) is 7.10. The highest BCUT2D eigenvalue weighted by Crippen LogP contribution is 2.23. The lowest BCUT2D eigenvalue weighted by molar-refractivity contribution is -0.114. The second-order valence-corrected chi connectivity index (χ2v) is 6.07. The van der Waals surface area contributed by atoms with Gasteiger partial charge in [0.25, 0.3) is 5.56 Å². The van der Waals surface area contributed by atoms with Gasteiger partial charge in [-0.25, -0.2) is 4.98 Å². The second kappa shape index (κ2) is 6.66. The van der Waals surface area contributed by atoms with Crippen LogP contribution in [0, 0.1) is 0 Å². The minimum Gasteiger partial charge on any atom is -0.326 e. The number of anilines is 1. The molecule has 5 nitrogen and oxygen atoms in total. The lowest BCUT2D eigenvalue weighted by Crippen LogP contribution is -2.14. The quantitative estimate of drug-likeness (QED) is 0.723. The zero-order valence-electron chi connectivity index (χ0n) is 12.5. The largest absolute Gasteiger partial charge is 0.326 e. The minimum atomic E-state index is -0.161. The van der Waals surface area contributed by atoms with E-state index in [1.165, 1.54) is 18.7 Å². The molecule has 1 aromatic heterocycles. The van der Waals surface area contributed by atoms with Crippen LogP contribution in [0.3, 0.4) is 0 Å². The van der Waals surface area contributed by atoms with Crippen LogP contribution in [0.4, 0.5) is 5.69 Å². The molecule has 0 saturated carbocycles. The fraction of sp³-hybridized carbons (Fsp3) is 0.118. The van der Waals surface area contributed by atoms with Gasteiger partial charge in [-0.15, -0.1) is 11.8 Å². The summed E-state index contributed by atoms with van der Waals surface area (Å²) < 4.78 is 0. The van der Waals surface area contributed by atoms with Crippen molar-refractivity contribution in [1.82, 2.24) is 9.97 Å². The van der Waals surface area contributed by atoms with Crippen LogP contribution in [-0.2, 0) is 10.5 Å². The number of nitrogens with zero attached hydrogens (tertiary/aromatic N) is 1. The first-order valence-corrected chi connectivity index (χ1v) is 8.09. The lowest BCUT2D eigenvalue weighted by atomic mass is 10.3. The zero-order valence-corrected chi connectivity index (χ0v) is 13.3. The first kappa shape index (κ1) is 15.3. The average Bonchev–Trinajstić information content (AvgIpc) is 2.54. The molecule has 2 N–H and O–H groups in total. The molecule has 0 aliphatic heterocycles. The SMILES string of the molecule is CC(=O)Nc1ccc(SCc2nc3ccccc3[nH]c2=O)cc1. The van der Waals surface area contributed by atoms with Crippen molar-refractivity contribution in [3.05, 3.63) is 64.6 Å². The van der Waals surface area contributed by atoms with Gasteiger partial charge >= 0.3 is 0 Å². The van der Waals surface area contributed by atoms with Crippen LogP contribution >= 0.6 is 11.8 Å². The van der Waals surface area contributed by atoms with E-state index in [2.05, 4.69) is 15.3 Å². The van der Waals surface area contributed by atoms with Gasteiger partial charge in [0.15, 0.2) is 0 Å². The van der Waals surface area contributed by atoms with Gasteiger partial charge in [0.05, 0.1) is 11.0 Å². The number of amides is 1. The summed E-state index contributed by atoms with van der Waals surface area (Å²) in [6, 6.07) is 15.0. The lowest BCUT2D eigenvalue weighted by Gasteiger charge is -2.05. The summed E-state index contributed by atoms with van der Waals surface area (Å²) in [5.41, 5.74) is 2.61. The molecule has 6 heteroatoms. The van der Waals surface area contributed by atoms with E-state index in [1.807, 2.05) is 48.5 Å². The van der Waals surface area contributed by atoms with E-state index in [-0.39, 0.29) is 11.5 Å². The number of thioether (sulfide) groups is 1. The molecule has 3 aromatic rings. The molecule has 0 fully saturated rings. The van der Waals surface area contributed by atoms with Crippen molar-refractivity contribution in [1.29, 1.82) is 0 Å². The first-order chi connectivity index (χ1) is 11.1. The highest BCUT2D eigenvalue weighted by Gasteiger charge is 2.06. The molecule has 3 rings (SSSR count). The number of aromatic amines is 1. The van der Waals surface area contributed by atoms with E-state index in [9.17, 15) is 9.59 Å². The van der Waals surface area contributed by atoms with Gasteiger partial charge in [0.2, 0.25) is 5.91 Å². The number of benzene rings is 2. The molecule has 0 atom stereocenters. The van der Waals surface area contributed by atoms with E-state index in [0.717, 1.165) is 21.6 Å². The zero-order chi connectivity index (χ0) is 16.2. The van der Waals surface area contributed by atoms with Crippen LogP contribution in [0.2, 0.25) is 0 Å². The van der Waals surface area contributed by atoms with Crippen LogP contribution in [-0.4, -0.2) is 15.9 Å². The summed E-state index contributed by atoms with van der Waals surface area (Å²) in [6.07, 6.45) is 0. The standard InChI is InChI=1S/C17H15N3O2S/c1-11(21)18-12-6-8-13(9-7-12)23-10-16-17(22)20-15-5-3-2-4-14(15)19-16/h2-9H,10H2,1H3,(H,18,21)(H,20,22). The number of nitrogens with one attached hydrogen (secondary N) is 2. The van der Waals surface area contributed by atoms with Crippen LogP contribution in [0.15, 0.2) is 58.2 Å². The fourth-order valence-electron chi connectivity index (χ4n) is 2.15. The van der Waals surface area contributed by atoms with E-state index in [1.54, 1.807) is 0 Å². The fourth-order valence-corrected chi connectivity index (χ4v) is 2.98. The Labute approximate surface area is 137 Å². The van der Waals surface area contributed by atoms with Gasteiger partial charge in [0.1, 0.15) is 5.69 Å². The molecule has 0 unspecified atom stereocenters. The Morgan fingerprint density at radius 3 is 2.65 bits per heavy atom. The summed E-state index contributed by atoms with van der Waals surface area (Å²) in [4.78, 5) is 31.3. The van der Waals surface area contributed by atoms with Crippen molar-refractivity contribution in [3.63, 3.8) is 0 Å². The van der Waals surface area contributed by atoms with Crippen LogP contribution in [0.5, 0.6) is 0 Å². The molecular weight excluding hydrogens is 310 g/mol. The summed E-state index contributed by atoms with van der Waals surface area (Å²) >= 11 is 1.53. The molecule has 0 saturated heterocycles. The average molecular weight is 325 g/mol. The molecule has 1 amide bonds. The number of aromatic nitrogens is 2.